The molecule has 1 spiro atoms. The van der Waals surface area contributed by atoms with Crippen molar-refractivity contribution in [1.29, 1.82) is 0 Å². The smallest absolute Gasteiger partial charge is 0.307 e. The number of carboxylic acids is 1. The SMILES string of the molecule is CC1(C(=O)N2CCC3(CC2)CC3C(=O)O)CC1F. The monoisotopic (exact) mass is 255 g/mol. The van der Waals surface area contributed by atoms with E-state index in [1.54, 1.807) is 11.8 Å². The van der Waals surface area contributed by atoms with Gasteiger partial charge in [0.2, 0.25) is 5.91 Å². The Hall–Kier alpha value is -1.13. The average Bonchev–Trinajstić information content (AvgIpc) is 3.18. The van der Waals surface area contributed by atoms with Gasteiger partial charge in [0, 0.05) is 13.1 Å². The van der Waals surface area contributed by atoms with Crippen LogP contribution >= 0.6 is 0 Å². The second kappa shape index (κ2) is 3.45. The molecule has 0 bridgehead atoms. The van der Waals surface area contributed by atoms with Crippen LogP contribution in [0.25, 0.3) is 0 Å². The summed E-state index contributed by atoms with van der Waals surface area (Å²) in [6, 6.07) is 0. The maximum absolute atomic E-state index is 13.2. The number of alkyl halides is 1. The lowest BCUT2D eigenvalue weighted by atomic mass is 9.90. The van der Waals surface area contributed by atoms with Gasteiger partial charge in [0.1, 0.15) is 6.17 Å². The van der Waals surface area contributed by atoms with Gasteiger partial charge >= 0.3 is 5.97 Å². The number of likely N-dealkylation sites (tertiary alicyclic amines) is 1. The zero-order valence-corrected chi connectivity index (χ0v) is 10.5. The Kier molecular flexibility index (Phi) is 2.29. The van der Waals surface area contributed by atoms with Crippen LogP contribution in [0.4, 0.5) is 4.39 Å². The van der Waals surface area contributed by atoms with Crippen molar-refractivity contribution in [3.05, 3.63) is 0 Å². The van der Waals surface area contributed by atoms with Gasteiger partial charge < -0.3 is 10.0 Å². The molecule has 2 saturated carbocycles. The third kappa shape index (κ3) is 1.56. The van der Waals surface area contributed by atoms with E-state index >= 15 is 0 Å². The molecule has 18 heavy (non-hydrogen) atoms. The topological polar surface area (TPSA) is 57.6 Å². The number of halogens is 1. The molecular weight excluding hydrogens is 237 g/mol. The average molecular weight is 255 g/mol. The highest BCUT2D eigenvalue weighted by Gasteiger charge is 2.62. The van der Waals surface area contributed by atoms with Gasteiger partial charge in [-0.1, -0.05) is 0 Å². The fraction of sp³-hybridized carbons (Fsp3) is 0.846. The van der Waals surface area contributed by atoms with Crippen molar-refractivity contribution >= 4 is 11.9 Å². The molecule has 1 N–H and O–H groups in total. The number of amides is 1. The van der Waals surface area contributed by atoms with Crippen molar-refractivity contribution in [2.45, 2.75) is 38.8 Å². The first-order chi connectivity index (χ1) is 8.39. The minimum Gasteiger partial charge on any atom is -0.481 e. The summed E-state index contributed by atoms with van der Waals surface area (Å²) in [5, 5.41) is 8.99. The normalized spacial score (nSPS) is 40.7. The minimum absolute atomic E-state index is 0.0673. The second-order valence-corrected chi connectivity index (χ2v) is 6.34. The molecule has 5 heteroatoms. The Morgan fingerprint density at radius 2 is 1.83 bits per heavy atom. The summed E-state index contributed by atoms with van der Waals surface area (Å²) in [4.78, 5) is 24.8. The zero-order valence-electron chi connectivity index (χ0n) is 10.5. The number of carbonyl (C=O) groups excluding carboxylic acids is 1. The first-order valence-corrected chi connectivity index (χ1v) is 6.55. The van der Waals surface area contributed by atoms with Crippen LogP contribution in [0.5, 0.6) is 0 Å². The molecule has 0 aromatic rings. The number of carbonyl (C=O) groups is 2. The number of rotatable bonds is 2. The lowest BCUT2D eigenvalue weighted by molar-refractivity contribution is -0.140. The largest absolute Gasteiger partial charge is 0.481 e. The minimum atomic E-state index is -0.992. The van der Waals surface area contributed by atoms with E-state index < -0.39 is 17.6 Å². The van der Waals surface area contributed by atoms with Crippen molar-refractivity contribution in [3.8, 4) is 0 Å². The van der Waals surface area contributed by atoms with Crippen LogP contribution in [0.2, 0.25) is 0 Å². The Bertz CT molecular complexity index is 416. The lowest BCUT2D eigenvalue weighted by Crippen LogP contribution is -2.43. The van der Waals surface area contributed by atoms with Crippen molar-refractivity contribution in [1.82, 2.24) is 4.90 Å². The summed E-state index contributed by atoms with van der Waals surface area (Å²) in [7, 11) is 0. The van der Waals surface area contributed by atoms with Gasteiger partial charge in [-0.3, -0.25) is 9.59 Å². The Balaban J connectivity index is 1.58. The summed E-state index contributed by atoms with van der Waals surface area (Å²) >= 11 is 0. The predicted octanol–water partition coefficient (Wildman–Crippen LogP) is 1.45. The van der Waals surface area contributed by atoms with Gasteiger partial charge in [-0.25, -0.2) is 4.39 Å². The molecular formula is C13H18FNO3. The van der Waals surface area contributed by atoms with Crippen LogP contribution in [0.3, 0.4) is 0 Å². The molecule has 4 nitrogen and oxygen atoms in total. The van der Waals surface area contributed by atoms with E-state index in [2.05, 4.69) is 0 Å². The van der Waals surface area contributed by atoms with Gasteiger partial charge in [0.05, 0.1) is 11.3 Å². The quantitative estimate of drug-likeness (QED) is 0.812. The number of aliphatic carboxylic acids is 1. The first kappa shape index (κ1) is 11.9. The molecule has 1 amide bonds. The molecule has 3 aliphatic rings. The van der Waals surface area contributed by atoms with Crippen molar-refractivity contribution < 1.29 is 19.1 Å². The Labute approximate surface area is 105 Å². The molecule has 1 saturated heterocycles. The molecule has 3 rings (SSSR count). The van der Waals surface area contributed by atoms with Crippen molar-refractivity contribution in [3.63, 3.8) is 0 Å². The molecule has 3 fully saturated rings. The van der Waals surface area contributed by atoms with E-state index in [1.165, 1.54) is 0 Å². The molecule has 2 aliphatic carbocycles. The third-order valence-corrected chi connectivity index (χ3v) is 5.16. The number of hydrogen-bond acceptors (Lipinski definition) is 2. The van der Waals surface area contributed by atoms with E-state index in [0.29, 0.717) is 19.5 Å². The predicted molar refractivity (Wildman–Crippen MR) is 61.6 cm³/mol. The Morgan fingerprint density at radius 1 is 1.28 bits per heavy atom. The van der Waals surface area contributed by atoms with Gasteiger partial charge in [-0.2, -0.15) is 0 Å². The summed E-state index contributed by atoms with van der Waals surface area (Å²) < 4.78 is 13.2. The third-order valence-electron chi connectivity index (χ3n) is 5.16. The number of nitrogens with zero attached hydrogens (tertiary/aromatic N) is 1. The fourth-order valence-electron chi connectivity index (χ4n) is 3.30. The molecule has 100 valence electrons. The maximum atomic E-state index is 13.2. The van der Waals surface area contributed by atoms with Gasteiger partial charge in [0.25, 0.3) is 0 Å². The van der Waals surface area contributed by atoms with Crippen LogP contribution in [-0.2, 0) is 9.59 Å². The highest BCUT2D eigenvalue weighted by Crippen LogP contribution is 2.60. The maximum Gasteiger partial charge on any atom is 0.307 e. The highest BCUT2D eigenvalue weighted by molar-refractivity contribution is 5.86. The van der Waals surface area contributed by atoms with Crippen LogP contribution in [-0.4, -0.2) is 41.1 Å². The standard InChI is InChI=1S/C13H18FNO3/c1-12(7-9(12)14)11(18)15-4-2-13(3-5-15)6-8(13)10(16)17/h8-9H,2-7H2,1H3,(H,16,17). The highest BCUT2D eigenvalue weighted by atomic mass is 19.1. The van der Waals surface area contributed by atoms with Gasteiger partial charge in [0.15, 0.2) is 0 Å². The van der Waals surface area contributed by atoms with E-state index in [1.807, 2.05) is 0 Å². The number of piperidine rings is 1. The summed E-state index contributed by atoms with van der Waals surface area (Å²) in [5.41, 5.74) is -0.859. The van der Waals surface area contributed by atoms with Gasteiger partial charge in [-0.05, 0) is 38.0 Å². The second-order valence-electron chi connectivity index (χ2n) is 6.34. The number of hydrogen-bond donors (Lipinski definition) is 1. The molecule has 1 aliphatic heterocycles. The van der Waals surface area contributed by atoms with E-state index in [4.69, 9.17) is 5.11 Å². The molecule has 0 aromatic heterocycles. The lowest BCUT2D eigenvalue weighted by Gasteiger charge is -2.34. The summed E-state index contributed by atoms with van der Waals surface area (Å²) in [6.45, 7) is 2.86. The summed E-state index contributed by atoms with van der Waals surface area (Å²) in [5.74, 6) is -1.02. The van der Waals surface area contributed by atoms with Crippen molar-refractivity contribution in [2.24, 2.45) is 16.7 Å². The van der Waals surface area contributed by atoms with E-state index in [9.17, 15) is 14.0 Å². The van der Waals surface area contributed by atoms with E-state index in [-0.39, 0.29) is 17.2 Å². The fourth-order valence-corrected chi connectivity index (χ4v) is 3.30. The zero-order chi connectivity index (χ0) is 13.1. The van der Waals surface area contributed by atoms with Crippen LogP contribution in [0.1, 0.15) is 32.6 Å². The van der Waals surface area contributed by atoms with Crippen LogP contribution in [0, 0.1) is 16.7 Å². The van der Waals surface area contributed by atoms with Crippen LogP contribution in [0.15, 0.2) is 0 Å². The first-order valence-electron chi connectivity index (χ1n) is 6.55. The Morgan fingerprint density at radius 3 is 2.22 bits per heavy atom. The number of carboxylic acid groups (broad SMARTS) is 1. The van der Waals surface area contributed by atoms with Gasteiger partial charge in [-0.15, -0.1) is 0 Å². The molecule has 1 heterocycles. The van der Waals surface area contributed by atoms with Crippen molar-refractivity contribution in [2.75, 3.05) is 13.1 Å². The molecule has 0 radical (unpaired) electrons. The van der Waals surface area contributed by atoms with E-state index in [0.717, 1.165) is 19.3 Å². The molecule has 3 atom stereocenters. The molecule has 3 unspecified atom stereocenters. The molecule has 0 aromatic carbocycles. The van der Waals surface area contributed by atoms with Crippen LogP contribution < -0.4 is 0 Å². The summed E-state index contributed by atoms with van der Waals surface area (Å²) in [6.07, 6.45) is 1.60.